The zero-order valence-corrected chi connectivity index (χ0v) is 11.7. The van der Waals surface area contributed by atoms with Crippen molar-refractivity contribution in [3.8, 4) is 0 Å². The van der Waals surface area contributed by atoms with Crippen LogP contribution < -0.4 is 0 Å². The van der Waals surface area contributed by atoms with Crippen molar-refractivity contribution < 1.29 is 0 Å². The molecule has 4 heteroatoms. The van der Waals surface area contributed by atoms with Gasteiger partial charge in [0.1, 0.15) is 5.15 Å². The van der Waals surface area contributed by atoms with E-state index in [2.05, 4.69) is 49.0 Å². The molecular formula is C11H8Br2ClN. The molecule has 1 aromatic heterocycles. The first-order chi connectivity index (χ1) is 7.26. The Balaban J connectivity index is 2.74. The molecule has 1 nitrogen and oxygen atoms in total. The predicted octanol–water partition coefficient (Wildman–Crippen LogP) is 4.68. The topological polar surface area (TPSA) is 12.9 Å². The van der Waals surface area contributed by atoms with Crippen molar-refractivity contribution in [2.24, 2.45) is 0 Å². The number of halogens is 3. The summed E-state index contributed by atoms with van der Waals surface area (Å²) in [6, 6.07) is 8.21. The van der Waals surface area contributed by atoms with Crippen LogP contribution in [-0.4, -0.2) is 4.98 Å². The van der Waals surface area contributed by atoms with E-state index >= 15 is 0 Å². The molecule has 0 aliphatic carbocycles. The predicted molar refractivity (Wildman–Crippen MR) is 72.0 cm³/mol. The second-order valence-electron chi connectivity index (χ2n) is 3.19. The number of benzene rings is 1. The van der Waals surface area contributed by atoms with Crippen molar-refractivity contribution in [1.29, 1.82) is 0 Å². The Labute approximate surface area is 110 Å². The van der Waals surface area contributed by atoms with E-state index in [9.17, 15) is 0 Å². The van der Waals surface area contributed by atoms with Gasteiger partial charge in [0.2, 0.25) is 0 Å². The molecule has 0 spiro atoms. The van der Waals surface area contributed by atoms with E-state index in [1.807, 2.05) is 12.1 Å². The molecule has 0 saturated heterocycles. The zero-order chi connectivity index (χ0) is 10.8. The average molecular weight is 349 g/mol. The van der Waals surface area contributed by atoms with E-state index in [4.69, 9.17) is 11.6 Å². The highest BCUT2D eigenvalue weighted by atomic mass is 79.9. The summed E-state index contributed by atoms with van der Waals surface area (Å²) in [6.07, 6.45) is 0. The van der Waals surface area contributed by atoms with Gasteiger partial charge in [-0.1, -0.05) is 61.7 Å². The monoisotopic (exact) mass is 347 g/mol. The molecule has 2 rings (SSSR count). The molecule has 78 valence electrons. The van der Waals surface area contributed by atoms with Crippen LogP contribution in [0, 0.1) is 0 Å². The number of nitrogens with zero attached hydrogens (tertiary/aromatic N) is 1. The lowest BCUT2D eigenvalue weighted by Crippen LogP contribution is -1.90. The van der Waals surface area contributed by atoms with E-state index in [-0.39, 0.29) is 0 Å². The maximum Gasteiger partial charge on any atom is 0.133 e. The molecule has 0 aliphatic rings. The number of hydrogen-bond donors (Lipinski definition) is 0. The van der Waals surface area contributed by atoms with Gasteiger partial charge in [-0.05, 0) is 11.6 Å². The number of hydrogen-bond acceptors (Lipinski definition) is 1. The summed E-state index contributed by atoms with van der Waals surface area (Å²) in [6.45, 7) is 0. The number of fused-ring (bicyclic) bond motifs is 1. The molecule has 0 N–H and O–H groups in total. The molecule has 0 bridgehead atoms. The van der Waals surface area contributed by atoms with Gasteiger partial charge in [-0.15, -0.1) is 0 Å². The van der Waals surface area contributed by atoms with Crippen LogP contribution in [0.4, 0.5) is 0 Å². The van der Waals surface area contributed by atoms with Crippen LogP contribution in [-0.2, 0) is 10.7 Å². The van der Waals surface area contributed by atoms with Crippen molar-refractivity contribution in [3.63, 3.8) is 0 Å². The van der Waals surface area contributed by atoms with E-state index in [0.29, 0.717) is 5.15 Å². The number of rotatable bonds is 2. The number of pyridine rings is 1. The minimum atomic E-state index is 0.577. The van der Waals surface area contributed by atoms with Crippen LogP contribution in [0.15, 0.2) is 24.3 Å². The molecule has 0 amide bonds. The molecule has 0 saturated carbocycles. The Morgan fingerprint density at radius 1 is 1.13 bits per heavy atom. The van der Waals surface area contributed by atoms with Gasteiger partial charge in [0, 0.05) is 21.6 Å². The highest BCUT2D eigenvalue weighted by molar-refractivity contribution is 9.08. The number of alkyl halides is 2. The molecule has 1 aromatic carbocycles. The first kappa shape index (κ1) is 11.4. The van der Waals surface area contributed by atoms with Crippen molar-refractivity contribution in [2.75, 3.05) is 0 Å². The fraction of sp³-hybridized carbons (Fsp3) is 0.182. The first-order valence-corrected chi connectivity index (χ1v) is 7.07. The number of para-hydroxylation sites is 1. The van der Waals surface area contributed by atoms with Crippen molar-refractivity contribution in [3.05, 3.63) is 40.5 Å². The Kier molecular flexibility index (Phi) is 3.65. The summed E-state index contributed by atoms with van der Waals surface area (Å²) in [5, 5.41) is 3.23. The Morgan fingerprint density at radius 3 is 2.53 bits per heavy atom. The lowest BCUT2D eigenvalue weighted by Gasteiger charge is -2.06. The molecule has 0 radical (unpaired) electrons. The molecule has 1 heterocycles. The van der Waals surface area contributed by atoms with E-state index < -0.39 is 0 Å². The SMILES string of the molecule is Clc1nc2c(CBr)cccc2cc1CBr. The Bertz CT molecular complexity index is 499. The third kappa shape index (κ3) is 2.19. The molecule has 0 fully saturated rings. The van der Waals surface area contributed by atoms with Crippen LogP contribution in [0.5, 0.6) is 0 Å². The van der Waals surface area contributed by atoms with Gasteiger partial charge in [0.05, 0.1) is 5.52 Å². The van der Waals surface area contributed by atoms with Crippen LogP contribution in [0.2, 0.25) is 5.15 Å². The van der Waals surface area contributed by atoms with Gasteiger partial charge in [-0.3, -0.25) is 0 Å². The molecule has 0 atom stereocenters. The average Bonchev–Trinajstić information content (AvgIpc) is 2.27. The van der Waals surface area contributed by atoms with Crippen LogP contribution in [0.3, 0.4) is 0 Å². The minimum Gasteiger partial charge on any atom is -0.235 e. The Hall–Kier alpha value is -0.120. The number of aromatic nitrogens is 1. The highest BCUT2D eigenvalue weighted by Gasteiger charge is 2.06. The second kappa shape index (κ2) is 4.81. The maximum atomic E-state index is 6.08. The molecule has 0 aliphatic heterocycles. The van der Waals surface area contributed by atoms with Gasteiger partial charge in [-0.25, -0.2) is 4.98 Å². The summed E-state index contributed by atoms with van der Waals surface area (Å²) in [5.74, 6) is 0. The van der Waals surface area contributed by atoms with Crippen LogP contribution in [0.1, 0.15) is 11.1 Å². The molecule has 15 heavy (non-hydrogen) atoms. The van der Waals surface area contributed by atoms with Crippen LogP contribution in [0.25, 0.3) is 10.9 Å². The summed E-state index contributed by atoms with van der Waals surface area (Å²) in [7, 11) is 0. The fourth-order valence-corrected chi connectivity index (χ4v) is 2.73. The first-order valence-electron chi connectivity index (χ1n) is 4.45. The maximum absolute atomic E-state index is 6.08. The van der Waals surface area contributed by atoms with Crippen molar-refractivity contribution in [2.45, 2.75) is 10.7 Å². The fourth-order valence-electron chi connectivity index (χ4n) is 1.48. The summed E-state index contributed by atoms with van der Waals surface area (Å²) >= 11 is 12.9. The standard InChI is InChI=1S/C11H8Br2ClN/c12-5-8-3-1-2-7-4-9(6-13)11(14)15-10(7)8/h1-4H,5-6H2. The van der Waals surface area contributed by atoms with Gasteiger partial charge in [0.15, 0.2) is 0 Å². The van der Waals surface area contributed by atoms with Crippen molar-refractivity contribution >= 4 is 54.4 Å². The minimum absolute atomic E-state index is 0.577. The summed E-state index contributed by atoms with van der Waals surface area (Å²) < 4.78 is 0. The summed E-state index contributed by atoms with van der Waals surface area (Å²) in [4.78, 5) is 4.42. The second-order valence-corrected chi connectivity index (χ2v) is 4.67. The quantitative estimate of drug-likeness (QED) is 0.567. The van der Waals surface area contributed by atoms with Gasteiger partial charge in [0.25, 0.3) is 0 Å². The molecular weight excluding hydrogens is 341 g/mol. The third-order valence-electron chi connectivity index (χ3n) is 2.24. The third-order valence-corrected chi connectivity index (χ3v) is 3.78. The van der Waals surface area contributed by atoms with E-state index in [1.54, 1.807) is 0 Å². The smallest absolute Gasteiger partial charge is 0.133 e. The lowest BCUT2D eigenvalue weighted by molar-refractivity contribution is 1.29. The van der Waals surface area contributed by atoms with E-state index in [1.165, 1.54) is 0 Å². The zero-order valence-electron chi connectivity index (χ0n) is 7.80. The van der Waals surface area contributed by atoms with E-state index in [0.717, 1.165) is 32.7 Å². The Morgan fingerprint density at radius 2 is 1.87 bits per heavy atom. The van der Waals surface area contributed by atoms with Gasteiger partial charge in [-0.2, -0.15) is 0 Å². The normalized spacial score (nSPS) is 10.9. The highest BCUT2D eigenvalue weighted by Crippen LogP contribution is 2.25. The largest absolute Gasteiger partial charge is 0.235 e. The van der Waals surface area contributed by atoms with Crippen molar-refractivity contribution in [1.82, 2.24) is 4.98 Å². The van der Waals surface area contributed by atoms with Crippen LogP contribution >= 0.6 is 43.5 Å². The molecule has 0 unspecified atom stereocenters. The summed E-state index contributed by atoms with van der Waals surface area (Å²) in [5.41, 5.74) is 3.16. The van der Waals surface area contributed by atoms with Gasteiger partial charge >= 0.3 is 0 Å². The molecule has 2 aromatic rings. The lowest BCUT2D eigenvalue weighted by atomic mass is 10.1. The van der Waals surface area contributed by atoms with Gasteiger partial charge < -0.3 is 0 Å².